The van der Waals surface area contributed by atoms with Gasteiger partial charge in [0.15, 0.2) is 5.69 Å². The summed E-state index contributed by atoms with van der Waals surface area (Å²) in [5, 5.41) is 16.2. The van der Waals surface area contributed by atoms with Crippen LogP contribution >= 0.6 is 11.3 Å². The lowest BCUT2D eigenvalue weighted by Crippen LogP contribution is -2.14. The van der Waals surface area contributed by atoms with Gasteiger partial charge in [-0.25, -0.2) is 0 Å². The van der Waals surface area contributed by atoms with Gasteiger partial charge in [-0.2, -0.15) is 5.10 Å². The molecule has 0 radical (unpaired) electrons. The molecule has 3 rings (SSSR count). The van der Waals surface area contributed by atoms with Crippen LogP contribution in [0.1, 0.15) is 16.1 Å². The molecule has 7 nitrogen and oxygen atoms in total. The van der Waals surface area contributed by atoms with Crippen molar-refractivity contribution in [2.45, 2.75) is 6.92 Å². The Morgan fingerprint density at radius 3 is 2.95 bits per heavy atom. The highest BCUT2D eigenvalue weighted by atomic mass is 32.1. The van der Waals surface area contributed by atoms with Crippen molar-refractivity contribution in [1.29, 1.82) is 0 Å². The zero-order chi connectivity index (χ0) is 14.1. The quantitative estimate of drug-likeness (QED) is 0.798. The maximum atomic E-state index is 12.0. The Hall–Kier alpha value is -2.48. The van der Waals surface area contributed by atoms with Crippen LogP contribution in [0.15, 0.2) is 28.1 Å². The summed E-state index contributed by atoms with van der Waals surface area (Å²) in [5.41, 5.74) is 1.12. The van der Waals surface area contributed by atoms with Gasteiger partial charge >= 0.3 is 6.01 Å². The third-order valence-electron chi connectivity index (χ3n) is 2.60. The average molecular weight is 289 g/mol. The van der Waals surface area contributed by atoms with E-state index in [1.807, 2.05) is 24.4 Å². The number of aryl methyl sites for hydroxylation is 2. The first-order valence-electron chi connectivity index (χ1n) is 5.82. The van der Waals surface area contributed by atoms with Crippen molar-refractivity contribution in [2.24, 2.45) is 7.05 Å². The molecule has 1 N–H and O–H groups in total. The third-order valence-corrected chi connectivity index (χ3v) is 3.46. The van der Waals surface area contributed by atoms with E-state index in [0.29, 0.717) is 11.6 Å². The molecule has 3 aromatic rings. The molecule has 3 heterocycles. The second kappa shape index (κ2) is 4.89. The summed E-state index contributed by atoms with van der Waals surface area (Å²) in [7, 11) is 1.76. The van der Waals surface area contributed by atoms with Crippen LogP contribution in [0, 0.1) is 6.92 Å². The van der Waals surface area contributed by atoms with Crippen molar-refractivity contribution in [1.82, 2.24) is 20.0 Å². The molecule has 0 saturated heterocycles. The van der Waals surface area contributed by atoms with Crippen LogP contribution in [0.4, 0.5) is 6.01 Å². The van der Waals surface area contributed by atoms with Crippen LogP contribution in [0.3, 0.4) is 0 Å². The van der Waals surface area contributed by atoms with E-state index in [2.05, 4.69) is 20.6 Å². The molecule has 0 fully saturated rings. The van der Waals surface area contributed by atoms with Crippen molar-refractivity contribution >= 4 is 23.3 Å². The Kier molecular flexibility index (Phi) is 3.07. The van der Waals surface area contributed by atoms with Crippen molar-refractivity contribution < 1.29 is 9.21 Å². The molecule has 102 valence electrons. The normalized spacial score (nSPS) is 10.7. The number of nitrogens with zero attached hydrogens (tertiary/aromatic N) is 4. The number of rotatable bonds is 3. The number of hydrogen-bond donors (Lipinski definition) is 1. The van der Waals surface area contributed by atoms with Crippen molar-refractivity contribution in [2.75, 3.05) is 5.32 Å². The van der Waals surface area contributed by atoms with Gasteiger partial charge < -0.3 is 4.42 Å². The standard InChI is InChI=1S/C12H11N5O2S/c1-7-6-17(2)16-9(7)10(18)13-12-15-14-11(19-12)8-4-3-5-20-8/h3-6H,1-2H3,(H,13,15,18). The summed E-state index contributed by atoms with van der Waals surface area (Å²) in [6, 6.07) is 3.82. The predicted octanol–water partition coefficient (Wildman–Crippen LogP) is 2.09. The predicted molar refractivity (Wildman–Crippen MR) is 73.5 cm³/mol. The second-order valence-electron chi connectivity index (χ2n) is 4.18. The van der Waals surface area contributed by atoms with E-state index >= 15 is 0 Å². The SMILES string of the molecule is Cc1cn(C)nc1C(=O)Nc1nnc(-c2cccs2)o1. The maximum absolute atomic E-state index is 12.0. The van der Waals surface area contributed by atoms with Gasteiger partial charge in [0, 0.05) is 18.8 Å². The van der Waals surface area contributed by atoms with Gasteiger partial charge in [-0.15, -0.1) is 16.4 Å². The fourth-order valence-electron chi connectivity index (χ4n) is 1.76. The van der Waals surface area contributed by atoms with Crippen LogP contribution in [0.25, 0.3) is 10.8 Å². The summed E-state index contributed by atoms with van der Waals surface area (Å²) in [4.78, 5) is 12.9. The van der Waals surface area contributed by atoms with Gasteiger partial charge in [-0.1, -0.05) is 11.2 Å². The maximum Gasteiger partial charge on any atom is 0.322 e. The Labute approximate surface area is 118 Å². The molecule has 1 amide bonds. The molecule has 0 aromatic carbocycles. The fraction of sp³-hybridized carbons (Fsp3) is 0.167. The van der Waals surface area contributed by atoms with Gasteiger partial charge in [0.1, 0.15) is 0 Å². The number of anilines is 1. The monoisotopic (exact) mass is 289 g/mol. The molecule has 20 heavy (non-hydrogen) atoms. The molecule has 0 aliphatic rings. The number of carbonyl (C=O) groups is 1. The Morgan fingerprint density at radius 2 is 2.30 bits per heavy atom. The molecule has 0 aliphatic carbocycles. The van der Waals surface area contributed by atoms with E-state index in [9.17, 15) is 4.79 Å². The molecule has 0 spiro atoms. The Balaban J connectivity index is 1.78. The molecular formula is C12H11N5O2S. The Morgan fingerprint density at radius 1 is 1.45 bits per heavy atom. The lowest BCUT2D eigenvalue weighted by molar-refractivity contribution is 0.101. The van der Waals surface area contributed by atoms with Crippen LogP contribution in [0.5, 0.6) is 0 Å². The third kappa shape index (κ3) is 2.32. The Bertz CT molecular complexity index is 744. The van der Waals surface area contributed by atoms with Crippen LogP contribution in [-0.4, -0.2) is 25.9 Å². The van der Waals surface area contributed by atoms with E-state index in [4.69, 9.17) is 4.42 Å². The van der Waals surface area contributed by atoms with Crippen molar-refractivity contribution in [3.63, 3.8) is 0 Å². The fourth-order valence-corrected chi connectivity index (χ4v) is 2.41. The highest BCUT2D eigenvalue weighted by molar-refractivity contribution is 7.13. The van der Waals surface area contributed by atoms with Gasteiger partial charge in [-0.05, 0) is 18.4 Å². The first-order chi connectivity index (χ1) is 9.63. The van der Waals surface area contributed by atoms with E-state index < -0.39 is 0 Å². The minimum Gasteiger partial charge on any atom is -0.402 e. The van der Waals surface area contributed by atoms with Crippen LogP contribution in [0.2, 0.25) is 0 Å². The van der Waals surface area contributed by atoms with E-state index in [-0.39, 0.29) is 11.9 Å². The smallest absolute Gasteiger partial charge is 0.322 e. The summed E-state index contributed by atoms with van der Waals surface area (Å²) in [6.07, 6.45) is 1.76. The number of nitrogens with one attached hydrogen (secondary N) is 1. The number of aromatic nitrogens is 4. The molecule has 0 aliphatic heterocycles. The first-order valence-corrected chi connectivity index (χ1v) is 6.70. The second-order valence-corrected chi connectivity index (χ2v) is 5.13. The van der Waals surface area contributed by atoms with Crippen molar-refractivity contribution in [3.05, 3.63) is 35.0 Å². The zero-order valence-electron chi connectivity index (χ0n) is 10.8. The van der Waals surface area contributed by atoms with Crippen LogP contribution in [-0.2, 0) is 7.05 Å². The van der Waals surface area contributed by atoms with Gasteiger partial charge in [0.2, 0.25) is 0 Å². The molecule has 3 aromatic heterocycles. The summed E-state index contributed by atoms with van der Waals surface area (Å²) >= 11 is 1.49. The minimum atomic E-state index is -0.371. The number of hydrogen-bond acceptors (Lipinski definition) is 6. The van der Waals surface area contributed by atoms with Gasteiger partial charge in [-0.3, -0.25) is 14.8 Å². The largest absolute Gasteiger partial charge is 0.402 e. The van der Waals surface area contributed by atoms with E-state index in [1.165, 1.54) is 11.3 Å². The number of thiophene rings is 1. The van der Waals surface area contributed by atoms with Gasteiger partial charge in [0.05, 0.1) is 4.88 Å². The lowest BCUT2D eigenvalue weighted by atomic mass is 10.3. The molecule has 0 saturated carbocycles. The highest BCUT2D eigenvalue weighted by Gasteiger charge is 2.17. The topological polar surface area (TPSA) is 85.8 Å². The molecule has 0 atom stereocenters. The number of amides is 1. The highest BCUT2D eigenvalue weighted by Crippen LogP contribution is 2.24. The van der Waals surface area contributed by atoms with Crippen LogP contribution < -0.4 is 5.32 Å². The summed E-state index contributed by atoms with van der Waals surface area (Å²) in [6.45, 7) is 1.81. The molecule has 8 heteroatoms. The number of carbonyl (C=O) groups excluding carboxylic acids is 1. The summed E-state index contributed by atoms with van der Waals surface area (Å²) < 4.78 is 6.97. The first kappa shape index (κ1) is 12.5. The zero-order valence-corrected chi connectivity index (χ0v) is 11.6. The molecular weight excluding hydrogens is 278 g/mol. The lowest BCUT2D eigenvalue weighted by Gasteiger charge is -1.97. The minimum absolute atomic E-state index is 0.0588. The molecule has 0 bridgehead atoms. The average Bonchev–Trinajstić information content (AvgIpc) is 3.09. The van der Waals surface area contributed by atoms with E-state index in [0.717, 1.165) is 10.4 Å². The van der Waals surface area contributed by atoms with E-state index in [1.54, 1.807) is 17.9 Å². The van der Waals surface area contributed by atoms with Crippen molar-refractivity contribution in [3.8, 4) is 10.8 Å². The molecule has 0 unspecified atom stereocenters. The van der Waals surface area contributed by atoms with Gasteiger partial charge in [0.25, 0.3) is 11.8 Å². The summed E-state index contributed by atoms with van der Waals surface area (Å²) in [5.74, 6) is 0.0116.